The molecule has 1 spiro atoms. The summed E-state index contributed by atoms with van der Waals surface area (Å²) in [7, 11) is 0. The molecular weight excluding hydrogens is 413 g/mol. The van der Waals surface area contributed by atoms with Gasteiger partial charge in [-0.15, -0.1) is 0 Å². The van der Waals surface area contributed by atoms with Gasteiger partial charge >= 0.3 is 0 Å². The first-order valence-corrected chi connectivity index (χ1v) is 10.9. The minimum Gasteiger partial charge on any atom is -0.325 e. The molecule has 1 heterocycles. The zero-order chi connectivity index (χ0) is 19.6. The fourth-order valence-electron chi connectivity index (χ4n) is 3.50. The van der Waals surface area contributed by atoms with Gasteiger partial charge < -0.3 is 5.32 Å². The Balaban J connectivity index is 1.53. The quantitative estimate of drug-likeness (QED) is 0.660. The zero-order valence-electron chi connectivity index (χ0n) is 15.1. The number of benzene rings is 2. The first-order chi connectivity index (χ1) is 13.5. The Kier molecular flexibility index (Phi) is 5.76. The number of nitrogens with one attached hydrogen (secondary N) is 1. The SMILES string of the molecule is O=C(CSC1=NC2(CCCC2)N=C1c1ccc(Cl)cc1Cl)Nc1ccccc1. The monoisotopic (exact) mass is 431 g/mol. The van der Waals surface area contributed by atoms with Gasteiger partial charge in [0, 0.05) is 16.3 Å². The maximum atomic E-state index is 12.4. The molecule has 1 fully saturated rings. The van der Waals surface area contributed by atoms with E-state index in [9.17, 15) is 4.79 Å². The van der Waals surface area contributed by atoms with Crippen LogP contribution in [0.4, 0.5) is 5.69 Å². The molecule has 1 aliphatic heterocycles. The Morgan fingerprint density at radius 3 is 2.54 bits per heavy atom. The van der Waals surface area contributed by atoms with Crippen molar-refractivity contribution in [2.75, 3.05) is 11.1 Å². The first kappa shape index (κ1) is 19.5. The summed E-state index contributed by atoms with van der Waals surface area (Å²) in [5.41, 5.74) is 1.96. The van der Waals surface area contributed by atoms with Crippen molar-refractivity contribution in [3.05, 3.63) is 64.1 Å². The van der Waals surface area contributed by atoms with Crippen LogP contribution in [0.1, 0.15) is 31.2 Å². The van der Waals surface area contributed by atoms with Crippen LogP contribution in [-0.2, 0) is 4.79 Å². The molecule has 0 unspecified atom stereocenters. The molecule has 1 aliphatic carbocycles. The molecule has 2 aromatic rings. The van der Waals surface area contributed by atoms with Gasteiger partial charge in [-0.25, -0.2) is 4.99 Å². The topological polar surface area (TPSA) is 53.8 Å². The van der Waals surface area contributed by atoms with E-state index in [0.717, 1.165) is 47.7 Å². The maximum absolute atomic E-state index is 12.4. The Morgan fingerprint density at radius 1 is 1.07 bits per heavy atom. The van der Waals surface area contributed by atoms with E-state index in [4.69, 9.17) is 33.2 Å². The molecule has 0 saturated heterocycles. The van der Waals surface area contributed by atoms with Crippen LogP contribution < -0.4 is 5.32 Å². The van der Waals surface area contributed by atoms with Crippen LogP contribution in [-0.4, -0.2) is 28.1 Å². The van der Waals surface area contributed by atoms with Crippen LogP contribution in [0.15, 0.2) is 58.5 Å². The van der Waals surface area contributed by atoms with E-state index in [0.29, 0.717) is 10.0 Å². The van der Waals surface area contributed by atoms with E-state index >= 15 is 0 Å². The molecule has 144 valence electrons. The molecule has 1 N–H and O–H groups in total. The first-order valence-electron chi connectivity index (χ1n) is 9.18. The average molecular weight is 432 g/mol. The maximum Gasteiger partial charge on any atom is 0.234 e. The molecule has 0 radical (unpaired) electrons. The third-order valence-electron chi connectivity index (χ3n) is 4.82. The molecule has 0 aromatic heterocycles. The van der Waals surface area contributed by atoms with Crippen molar-refractivity contribution in [2.45, 2.75) is 31.3 Å². The number of hydrogen-bond donors (Lipinski definition) is 1. The van der Waals surface area contributed by atoms with Crippen molar-refractivity contribution in [2.24, 2.45) is 9.98 Å². The summed E-state index contributed by atoms with van der Waals surface area (Å²) in [6.45, 7) is 0. The molecular formula is C21H19Cl2N3OS. The van der Waals surface area contributed by atoms with E-state index in [1.165, 1.54) is 11.8 Å². The average Bonchev–Trinajstić information content (AvgIpc) is 3.28. The second-order valence-electron chi connectivity index (χ2n) is 6.89. The molecule has 2 aliphatic rings. The lowest BCUT2D eigenvalue weighted by molar-refractivity contribution is -0.113. The van der Waals surface area contributed by atoms with Crippen molar-refractivity contribution in [3.63, 3.8) is 0 Å². The molecule has 7 heteroatoms. The number of halogens is 2. The van der Waals surface area contributed by atoms with Gasteiger partial charge in [0.05, 0.1) is 10.8 Å². The highest BCUT2D eigenvalue weighted by Crippen LogP contribution is 2.41. The minimum absolute atomic E-state index is 0.0761. The number of anilines is 1. The van der Waals surface area contributed by atoms with Crippen LogP contribution in [0.5, 0.6) is 0 Å². The number of thioether (sulfide) groups is 1. The summed E-state index contributed by atoms with van der Waals surface area (Å²) in [5.74, 6) is 0.182. The van der Waals surface area contributed by atoms with E-state index in [1.807, 2.05) is 36.4 Å². The predicted octanol–water partition coefficient (Wildman–Crippen LogP) is 5.84. The third kappa shape index (κ3) is 4.27. The molecule has 2 aromatic carbocycles. The highest BCUT2D eigenvalue weighted by molar-refractivity contribution is 8.16. The summed E-state index contributed by atoms with van der Waals surface area (Å²) in [5, 5.41) is 4.80. The summed E-state index contributed by atoms with van der Waals surface area (Å²) >= 11 is 13.9. The predicted molar refractivity (Wildman–Crippen MR) is 119 cm³/mol. The fourth-order valence-corrected chi connectivity index (χ4v) is 4.86. The van der Waals surface area contributed by atoms with Gasteiger partial charge in [-0.3, -0.25) is 9.79 Å². The number of amides is 1. The molecule has 28 heavy (non-hydrogen) atoms. The van der Waals surface area contributed by atoms with Crippen molar-refractivity contribution in [1.82, 2.24) is 0 Å². The molecule has 0 atom stereocenters. The van der Waals surface area contributed by atoms with Crippen molar-refractivity contribution in [1.29, 1.82) is 0 Å². The molecule has 0 bridgehead atoms. The number of carbonyl (C=O) groups is 1. The number of nitrogens with zero attached hydrogens (tertiary/aromatic N) is 2. The van der Waals surface area contributed by atoms with Gasteiger partial charge in [0.1, 0.15) is 10.8 Å². The zero-order valence-corrected chi connectivity index (χ0v) is 17.4. The van der Waals surface area contributed by atoms with Crippen LogP contribution in [0.25, 0.3) is 0 Å². The molecule has 4 nitrogen and oxygen atoms in total. The highest BCUT2D eigenvalue weighted by atomic mass is 35.5. The summed E-state index contributed by atoms with van der Waals surface area (Å²) in [6.07, 6.45) is 4.09. The standard InChI is InChI=1S/C21H19Cl2N3OS/c22-14-8-9-16(17(23)12-14)19-20(26-21(25-19)10-4-5-11-21)28-13-18(27)24-15-6-2-1-3-7-15/h1-3,6-9,12H,4-5,10-11,13H2,(H,24,27). The minimum atomic E-state index is -0.392. The molecule has 4 rings (SSSR count). The lowest BCUT2D eigenvalue weighted by Crippen LogP contribution is -2.18. The van der Waals surface area contributed by atoms with E-state index < -0.39 is 5.66 Å². The van der Waals surface area contributed by atoms with Gasteiger partial charge in [-0.1, -0.05) is 53.2 Å². The Labute approximate surface area is 178 Å². The second kappa shape index (κ2) is 8.27. The van der Waals surface area contributed by atoms with E-state index in [-0.39, 0.29) is 11.7 Å². The Hall–Kier alpha value is -1.82. The molecule has 1 amide bonds. The number of para-hydroxylation sites is 1. The summed E-state index contributed by atoms with van der Waals surface area (Å²) in [4.78, 5) is 22.2. The lowest BCUT2D eigenvalue weighted by atomic mass is 10.1. The van der Waals surface area contributed by atoms with Crippen LogP contribution >= 0.6 is 35.0 Å². The van der Waals surface area contributed by atoms with Crippen molar-refractivity contribution >= 4 is 57.3 Å². The van der Waals surface area contributed by atoms with Crippen molar-refractivity contribution < 1.29 is 4.79 Å². The van der Waals surface area contributed by atoms with Crippen LogP contribution in [0.2, 0.25) is 10.0 Å². The van der Waals surface area contributed by atoms with Crippen LogP contribution in [0.3, 0.4) is 0 Å². The summed E-state index contributed by atoms with van der Waals surface area (Å²) in [6, 6.07) is 14.8. The van der Waals surface area contributed by atoms with E-state index in [2.05, 4.69) is 5.32 Å². The van der Waals surface area contributed by atoms with Gasteiger partial charge in [0.2, 0.25) is 5.91 Å². The van der Waals surface area contributed by atoms with Crippen LogP contribution in [0, 0.1) is 0 Å². The van der Waals surface area contributed by atoms with Crippen molar-refractivity contribution in [3.8, 4) is 0 Å². The largest absolute Gasteiger partial charge is 0.325 e. The van der Waals surface area contributed by atoms with Gasteiger partial charge in [0.25, 0.3) is 0 Å². The third-order valence-corrected chi connectivity index (χ3v) is 6.33. The highest BCUT2D eigenvalue weighted by Gasteiger charge is 2.39. The number of carbonyl (C=O) groups excluding carboxylic acids is 1. The summed E-state index contributed by atoms with van der Waals surface area (Å²) < 4.78 is 0. The van der Waals surface area contributed by atoms with Gasteiger partial charge in [-0.05, 0) is 56.0 Å². The second-order valence-corrected chi connectivity index (χ2v) is 8.70. The van der Waals surface area contributed by atoms with Gasteiger partial charge in [-0.2, -0.15) is 0 Å². The van der Waals surface area contributed by atoms with E-state index in [1.54, 1.807) is 12.1 Å². The van der Waals surface area contributed by atoms with Gasteiger partial charge in [0.15, 0.2) is 5.66 Å². The normalized spacial score (nSPS) is 17.5. The number of rotatable bonds is 4. The Bertz CT molecular complexity index is 953. The fraction of sp³-hybridized carbons (Fsp3) is 0.286. The smallest absolute Gasteiger partial charge is 0.234 e. The number of aliphatic imine (C=N–C) groups is 2. The Morgan fingerprint density at radius 2 is 1.82 bits per heavy atom. The lowest BCUT2D eigenvalue weighted by Gasteiger charge is -2.14. The molecule has 1 saturated carbocycles. The number of hydrogen-bond acceptors (Lipinski definition) is 4.